The summed E-state index contributed by atoms with van der Waals surface area (Å²) in [7, 11) is 0. The average Bonchev–Trinajstić information content (AvgIpc) is 2.50. The van der Waals surface area contributed by atoms with Crippen LogP contribution < -0.4 is 10.6 Å². The van der Waals surface area contributed by atoms with Crippen LogP contribution in [-0.4, -0.2) is 54.1 Å². The van der Waals surface area contributed by atoms with Gasteiger partial charge in [-0.2, -0.15) is 0 Å². The second-order valence-corrected chi connectivity index (χ2v) is 4.41. The number of carbonyl (C=O) groups is 3. The highest BCUT2D eigenvalue weighted by molar-refractivity contribution is 6.54. The van der Waals surface area contributed by atoms with Crippen molar-refractivity contribution in [2.45, 2.75) is 6.92 Å². The summed E-state index contributed by atoms with van der Waals surface area (Å²) in [6.07, 6.45) is 0. The molecule has 22 heavy (non-hydrogen) atoms. The summed E-state index contributed by atoms with van der Waals surface area (Å²) >= 11 is 4.32. The number of hydrogen-bond donors (Lipinski definition) is 4. The van der Waals surface area contributed by atoms with Gasteiger partial charge < -0.3 is 20.8 Å². The van der Waals surface area contributed by atoms with E-state index in [1.165, 1.54) is 12.1 Å². The average molecular weight is 331 g/mol. The van der Waals surface area contributed by atoms with Crippen molar-refractivity contribution in [1.82, 2.24) is 10.6 Å². The molecule has 0 atom stereocenters. The van der Waals surface area contributed by atoms with Crippen molar-refractivity contribution in [2.75, 3.05) is 26.2 Å². The molecule has 1 aromatic carbocycles. The first-order valence-electron chi connectivity index (χ1n) is 6.46. The minimum absolute atomic E-state index is 0.0111. The van der Waals surface area contributed by atoms with E-state index in [9.17, 15) is 9.59 Å². The van der Waals surface area contributed by atoms with E-state index in [1.807, 2.05) is 0 Å². The molecule has 0 unspecified atom stereocenters. The summed E-state index contributed by atoms with van der Waals surface area (Å²) in [5, 5.41) is 23.7. The van der Waals surface area contributed by atoms with Crippen LogP contribution in [0.4, 0.5) is 0 Å². The van der Waals surface area contributed by atoms with Crippen LogP contribution in [-0.2, 0) is 4.79 Å². The molecule has 122 valence electrons. The molecule has 0 bridgehead atoms. The van der Waals surface area contributed by atoms with Crippen LogP contribution in [0.5, 0.6) is 0 Å². The van der Waals surface area contributed by atoms with Crippen molar-refractivity contribution in [1.29, 1.82) is 0 Å². The first kappa shape index (κ1) is 20.0. The molecule has 1 heterocycles. The van der Waals surface area contributed by atoms with Crippen LogP contribution in [0.1, 0.15) is 26.3 Å². The molecule has 0 radical (unpaired) electrons. The zero-order valence-electron chi connectivity index (χ0n) is 12.1. The summed E-state index contributed by atoms with van der Waals surface area (Å²) < 4.78 is 0. The number of aromatic carboxylic acids is 2. The first-order chi connectivity index (χ1) is 10.4. The number of rotatable bonds is 2. The Labute approximate surface area is 133 Å². The van der Waals surface area contributed by atoms with Crippen LogP contribution in [0.3, 0.4) is 0 Å². The van der Waals surface area contributed by atoms with E-state index in [2.05, 4.69) is 22.2 Å². The van der Waals surface area contributed by atoms with Gasteiger partial charge in [0.1, 0.15) is 0 Å². The number of aryl methyl sites for hydroxylation is 1. The number of piperazine rings is 1. The van der Waals surface area contributed by atoms with Gasteiger partial charge >= 0.3 is 11.9 Å². The second-order valence-electron chi connectivity index (χ2n) is 4.23. The quantitative estimate of drug-likeness (QED) is 0.472. The van der Waals surface area contributed by atoms with Crippen LogP contribution >= 0.6 is 11.6 Å². The molecule has 0 amide bonds. The Hall–Kier alpha value is -1.96. The number of hydrogen-bond acceptors (Lipinski definition) is 5. The maximum Gasteiger partial charge on any atom is 0.335 e. The molecule has 0 aliphatic carbocycles. The molecule has 2 rings (SSSR count). The minimum atomic E-state index is -1.12. The highest BCUT2D eigenvalue weighted by Crippen LogP contribution is 2.11. The van der Waals surface area contributed by atoms with Crippen molar-refractivity contribution < 1.29 is 24.6 Å². The number of carboxylic acids is 2. The monoisotopic (exact) mass is 330 g/mol. The van der Waals surface area contributed by atoms with E-state index in [1.54, 1.807) is 6.92 Å². The molecular weight excluding hydrogens is 312 g/mol. The van der Waals surface area contributed by atoms with Gasteiger partial charge in [-0.15, -0.1) is 0 Å². The van der Waals surface area contributed by atoms with Gasteiger partial charge in [0.05, 0.1) is 11.1 Å². The van der Waals surface area contributed by atoms with E-state index in [-0.39, 0.29) is 16.9 Å². The molecular formula is C14H19ClN2O5. The molecule has 4 N–H and O–H groups in total. The second kappa shape index (κ2) is 11.7. The fourth-order valence-corrected chi connectivity index (χ4v) is 1.59. The lowest BCUT2D eigenvalue weighted by Crippen LogP contribution is -2.39. The third-order valence-corrected chi connectivity index (χ3v) is 2.67. The first-order valence-corrected chi connectivity index (χ1v) is 6.90. The smallest absolute Gasteiger partial charge is 0.335 e. The fourth-order valence-electron chi connectivity index (χ4n) is 1.59. The third kappa shape index (κ3) is 8.35. The van der Waals surface area contributed by atoms with Gasteiger partial charge in [0, 0.05) is 26.2 Å². The fraction of sp³-hybridized carbons (Fsp3) is 0.357. The molecule has 8 heteroatoms. The van der Waals surface area contributed by atoms with Crippen molar-refractivity contribution in [3.05, 3.63) is 34.9 Å². The minimum Gasteiger partial charge on any atom is -0.478 e. The number of benzene rings is 1. The Bertz CT molecular complexity index is 492. The molecule has 1 aromatic rings. The standard InChI is InChI=1S/C9H8O4.C4H10N2.CHClO/c1-5-2-3-6(8(10)11)4-7(5)9(12)13;1-2-6-4-3-5-1;2-1-3/h2-4H,1H3,(H,10,11)(H,12,13);5-6H,1-4H2;1H. The van der Waals surface area contributed by atoms with Crippen LogP contribution in [0.2, 0.25) is 0 Å². The van der Waals surface area contributed by atoms with Crippen molar-refractivity contribution in [2.24, 2.45) is 0 Å². The number of nitrogens with one attached hydrogen (secondary N) is 2. The van der Waals surface area contributed by atoms with Gasteiger partial charge in [0.25, 0.3) is 0 Å². The van der Waals surface area contributed by atoms with Gasteiger partial charge in [-0.3, -0.25) is 4.79 Å². The van der Waals surface area contributed by atoms with Gasteiger partial charge in [-0.1, -0.05) is 6.07 Å². The van der Waals surface area contributed by atoms with Crippen molar-refractivity contribution in [3.63, 3.8) is 0 Å². The summed E-state index contributed by atoms with van der Waals surface area (Å²) in [6, 6.07) is 4.01. The van der Waals surface area contributed by atoms with Gasteiger partial charge in [-0.25, -0.2) is 9.59 Å². The van der Waals surface area contributed by atoms with Gasteiger partial charge in [-0.05, 0) is 36.2 Å². The Kier molecular flexibility index (Phi) is 10.6. The predicted molar refractivity (Wildman–Crippen MR) is 83.4 cm³/mol. The highest BCUT2D eigenvalue weighted by Gasteiger charge is 2.10. The lowest BCUT2D eigenvalue weighted by atomic mass is 10.1. The van der Waals surface area contributed by atoms with Gasteiger partial charge in [0.15, 0.2) is 0 Å². The summed E-state index contributed by atoms with van der Waals surface area (Å²) in [5.41, 5.74) is 0.570. The van der Waals surface area contributed by atoms with E-state index in [0.29, 0.717) is 5.56 Å². The highest BCUT2D eigenvalue weighted by atomic mass is 35.5. The molecule has 0 spiro atoms. The van der Waals surface area contributed by atoms with Crippen LogP contribution in [0.15, 0.2) is 18.2 Å². The van der Waals surface area contributed by atoms with Crippen LogP contribution in [0.25, 0.3) is 0 Å². The summed E-state index contributed by atoms with van der Waals surface area (Å²) in [6.45, 7) is 6.18. The Balaban J connectivity index is 0.000000404. The molecule has 1 aliphatic heterocycles. The molecule has 7 nitrogen and oxygen atoms in total. The number of carboxylic acid groups (broad SMARTS) is 2. The normalized spacial score (nSPS) is 12.8. The molecule has 0 aromatic heterocycles. The maximum atomic E-state index is 10.6. The SMILES string of the molecule is C1CNCCN1.Cc1ccc(C(=O)O)cc1C(=O)O.O=CCl. The van der Waals surface area contributed by atoms with Crippen molar-refractivity contribution >= 4 is 29.3 Å². The number of carbonyl (C=O) groups excluding carboxylic acids is 1. The predicted octanol–water partition coefficient (Wildman–Crippen LogP) is 0.986. The zero-order chi connectivity index (χ0) is 17.0. The zero-order valence-corrected chi connectivity index (χ0v) is 12.9. The van der Waals surface area contributed by atoms with Gasteiger partial charge in [0.2, 0.25) is 5.75 Å². The van der Waals surface area contributed by atoms with E-state index < -0.39 is 11.9 Å². The van der Waals surface area contributed by atoms with Crippen molar-refractivity contribution in [3.8, 4) is 0 Å². The Morgan fingerprint density at radius 2 is 1.55 bits per heavy atom. The number of halogens is 1. The van der Waals surface area contributed by atoms with E-state index in [4.69, 9.17) is 15.0 Å². The molecule has 0 saturated carbocycles. The Morgan fingerprint density at radius 1 is 1.09 bits per heavy atom. The van der Waals surface area contributed by atoms with Crippen LogP contribution in [0, 0.1) is 6.92 Å². The van der Waals surface area contributed by atoms with E-state index >= 15 is 0 Å². The lowest BCUT2D eigenvalue weighted by Gasteiger charge is -2.11. The Morgan fingerprint density at radius 3 is 1.86 bits per heavy atom. The van der Waals surface area contributed by atoms with E-state index in [0.717, 1.165) is 32.2 Å². The topological polar surface area (TPSA) is 116 Å². The molecule has 1 saturated heterocycles. The summed E-state index contributed by atoms with van der Waals surface area (Å²) in [5.74, 6) is -2.01. The molecule has 1 fully saturated rings. The largest absolute Gasteiger partial charge is 0.478 e. The summed E-state index contributed by atoms with van der Waals surface area (Å²) in [4.78, 5) is 29.7. The lowest BCUT2D eigenvalue weighted by molar-refractivity contribution is 0.0695. The maximum absolute atomic E-state index is 10.6. The third-order valence-electron chi connectivity index (χ3n) is 2.67. The molecule has 1 aliphatic rings.